The molecule has 2 N–H and O–H groups in total. The lowest BCUT2D eigenvalue weighted by Crippen LogP contribution is -2.20. The molecule has 0 aliphatic carbocycles. The van der Waals surface area contributed by atoms with Crippen LogP contribution in [0.25, 0.3) is 0 Å². The lowest BCUT2D eigenvalue weighted by Gasteiger charge is -2.10. The number of hydrogen-bond donors (Lipinski definition) is 1. The van der Waals surface area contributed by atoms with Gasteiger partial charge in [-0.1, -0.05) is 0 Å². The van der Waals surface area contributed by atoms with Gasteiger partial charge in [0.25, 0.3) is 5.56 Å². The van der Waals surface area contributed by atoms with Gasteiger partial charge in [0.2, 0.25) is 0 Å². The zero-order chi connectivity index (χ0) is 12.1. The zero-order valence-electron chi connectivity index (χ0n) is 9.80. The Balaban J connectivity index is 1.74. The summed E-state index contributed by atoms with van der Waals surface area (Å²) in [5.41, 5.74) is 6.21. The highest BCUT2D eigenvalue weighted by molar-refractivity contribution is 5.33. The van der Waals surface area contributed by atoms with E-state index in [4.69, 9.17) is 15.2 Å². The van der Waals surface area contributed by atoms with Crippen molar-refractivity contribution in [2.45, 2.75) is 25.5 Å². The number of aromatic nitrogens is 1. The first-order valence-corrected chi connectivity index (χ1v) is 5.91. The Morgan fingerprint density at radius 2 is 2.41 bits per heavy atom. The molecule has 0 saturated carbocycles. The molecule has 1 aromatic heterocycles. The number of anilines is 1. The summed E-state index contributed by atoms with van der Waals surface area (Å²) < 4.78 is 12.4. The summed E-state index contributed by atoms with van der Waals surface area (Å²) in [6.07, 6.45) is 3.67. The van der Waals surface area contributed by atoms with Gasteiger partial charge in [-0.3, -0.25) is 4.79 Å². The van der Waals surface area contributed by atoms with Crippen LogP contribution < -0.4 is 11.3 Å². The van der Waals surface area contributed by atoms with E-state index in [0.29, 0.717) is 25.4 Å². The van der Waals surface area contributed by atoms with E-state index in [2.05, 4.69) is 0 Å². The van der Waals surface area contributed by atoms with Crippen LogP contribution >= 0.6 is 0 Å². The molecule has 1 unspecified atom stereocenters. The van der Waals surface area contributed by atoms with Crippen LogP contribution in [-0.4, -0.2) is 30.5 Å². The third-order valence-electron chi connectivity index (χ3n) is 2.79. The molecule has 1 fully saturated rings. The van der Waals surface area contributed by atoms with Crippen LogP contribution in [-0.2, 0) is 16.0 Å². The second-order valence-electron chi connectivity index (χ2n) is 4.20. The summed E-state index contributed by atoms with van der Waals surface area (Å²) in [7, 11) is 0. The predicted octanol–water partition coefficient (Wildman–Crippen LogP) is 0.626. The molecule has 2 heterocycles. The number of pyridine rings is 1. The van der Waals surface area contributed by atoms with E-state index >= 15 is 0 Å². The Hall–Kier alpha value is -1.33. The SMILES string of the molecule is Nc1ccc(=O)n(CCCOC2CCOC2)c1. The van der Waals surface area contributed by atoms with Crippen molar-refractivity contribution in [3.05, 3.63) is 28.7 Å². The van der Waals surface area contributed by atoms with Gasteiger partial charge >= 0.3 is 0 Å². The van der Waals surface area contributed by atoms with Gasteiger partial charge in [0.05, 0.1) is 12.7 Å². The fourth-order valence-corrected chi connectivity index (χ4v) is 1.85. The Morgan fingerprint density at radius 3 is 3.18 bits per heavy atom. The fourth-order valence-electron chi connectivity index (χ4n) is 1.85. The first kappa shape index (κ1) is 12.1. The molecule has 17 heavy (non-hydrogen) atoms. The highest BCUT2D eigenvalue weighted by Crippen LogP contribution is 2.08. The summed E-state index contributed by atoms with van der Waals surface area (Å²) in [6, 6.07) is 3.10. The molecule has 0 amide bonds. The summed E-state index contributed by atoms with van der Waals surface area (Å²) >= 11 is 0. The second-order valence-corrected chi connectivity index (χ2v) is 4.20. The zero-order valence-corrected chi connectivity index (χ0v) is 9.80. The molecule has 94 valence electrons. The third-order valence-corrected chi connectivity index (χ3v) is 2.79. The maximum atomic E-state index is 11.5. The van der Waals surface area contributed by atoms with Gasteiger partial charge in [0, 0.05) is 37.7 Å². The molecule has 2 rings (SSSR count). The Morgan fingerprint density at radius 1 is 1.53 bits per heavy atom. The highest BCUT2D eigenvalue weighted by atomic mass is 16.5. The summed E-state index contributed by atoms with van der Waals surface area (Å²) in [5.74, 6) is 0. The van der Waals surface area contributed by atoms with Gasteiger partial charge in [0.1, 0.15) is 0 Å². The summed E-state index contributed by atoms with van der Waals surface area (Å²) in [4.78, 5) is 11.5. The van der Waals surface area contributed by atoms with Crippen molar-refractivity contribution < 1.29 is 9.47 Å². The molecule has 5 nitrogen and oxygen atoms in total. The van der Waals surface area contributed by atoms with Crippen LogP contribution in [0.15, 0.2) is 23.1 Å². The van der Waals surface area contributed by atoms with Crippen LogP contribution in [0, 0.1) is 0 Å². The predicted molar refractivity (Wildman–Crippen MR) is 64.9 cm³/mol. The standard InChI is InChI=1S/C12H18N2O3/c13-10-2-3-12(15)14(8-10)5-1-6-17-11-4-7-16-9-11/h2-3,8,11H,1,4-7,9,13H2. The van der Waals surface area contributed by atoms with E-state index in [0.717, 1.165) is 19.4 Å². The fraction of sp³-hybridized carbons (Fsp3) is 0.583. The average Bonchev–Trinajstić information content (AvgIpc) is 2.82. The number of nitrogens with zero attached hydrogens (tertiary/aromatic N) is 1. The first-order valence-electron chi connectivity index (χ1n) is 5.91. The van der Waals surface area contributed by atoms with Gasteiger partial charge in [0.15, 0.2) is 0 Å². The van der Waals surface area contributed by atoms with Crippen molar-refractivity contribution in [2.24, 2.45) is 0 Å². The summed E-state index contributed by atoms with van der Waals surface area (Å²) in [5, 5.41) is 0. The van der Waals surface area contributed by atoms with Crippen molar-refractivity contribution in [1.29, 1.82) is 0 Å². The van der Waals surface area contributed by atoms with Crippen LogP contribution in [0.2, 0.25) is 0 Å². The molecule has 1 saturated heterocycles. The molecule has 5 heteroatoms. The van der Waals surface area contributed by atoms with Crippen LogP contribution in [0.1, 0.15) is 12.8 Å². The molecule has 1 atom stereocenters. The lowest BCUT2D eigenvalue weighted by atomic mass is 10.3. The maximum Gasteiger partial charge on any atom is 0.250 e. The molecule has 0 aromatic carbocycles. The van der Waals surface area contributed by atoms with Gasteiger partial charge in [-0.2, -0.15) is 0 Å². The van der Waals surface area contributed by atoms with Crippen molar-refractivity contribution in [2.75, 3.05) is 25.6 Å². The van der Waals surface area contributed by atoms with Gasteiger partial charge in [-0.05, 0) is 18.9 Å². The number of hydrogen-bond acceptors (Lipinski definition) is 4. The van der Waals surface area contributed by atoms with Crippen molar-refractivity contribution >= 4 is 5.69 Å². The molecule has 1 aliphatic heterocycles. The minimum absolute atomic E-state index is 0.0246. The highest BCUT2D eigenvalue weighted by Gasteiger charge is 2.15. The molecule has 0 radical (unpaired) electrons. The largest absolute Gasteiger partial charge is 0.398 e. The molecular weight excluding hydrogens is 220 g/mol. The Labute approximate surface area is 100 Å². The minimum atomic E-state index is -0.0246. The van der Waals surface area contributed by atoms with Crippen LogP contribution in [0.5, 0.6) is 0 Å². The van der Waals surface area contributed by atoms with Crippen molar-refractivity contribution in [3.63, 3.8) is 0 Å². The van der Waals surface area contributed by atoms with Gasteiger partial charge in [-0.25, -0.2) is 0 Å². The molecule has 0 spiro atoms. The number of aryl methyl sites for hydroxylation is 1. The number of rotatable bonds is 5. The number of nitrogens with two attached hydrogens (primary N) is 1. The monoisotopic (exact) mass is 238 g/mol. The first-order chi connectivity index (χ1) is 8.25. The lowest BCUT2D eigenvalue weighted by molar-refractivity contribution is 0.0399. The quantitative estimate of drug-likeness (QED) is 0.764. The van der Waals surface area contributed by atoms with Crippen molar-refractivity contribution in [1.82, 2.24) is 4.57 Å². The third kappa shape index (κ3) is 3.57. The summed E-state index contributed by atoms with van der Waals surface area (Å²) in [6.45, 7) is 2.77. The maximum absolute atomic E-state index is 11.5. The molecule has 1 aromatic rings. The second kappa shape index (κ2) is 5.84. The van der Waals surface area contributed by atoms with E-state index in [1.165, 1.54) is 6.07 Å². The molecular formula is C12H18N2O3. The number of ether oxygens (including phenoxy) is 2. The minimum Gasteiger partial charge on any atom is -0.398 e. The van der Waals surface area contributed by atoms with Crippen LogP contribution in [0.3, 0.4) is 0 Å². The van der Waals surface area contributed by atoms with E-state index in [1.807, 2.05) is 0 Å². The normalized spacial score (nSPS) is 19.6. The van der Waals surface area contributed by atoms with Crippen LogP contribution in [0.4, 0.5) is 5.69 Å². The van der Waals surface area contributed by atoms with E-state index < -0.39 is 0 Å². The van der Waals surface area contributed by atoms with E-state index in [-0.39, 0.29) is 11.7 Å². The number of nitrogen functional groups attached to an aromatic ring is 1. The average molecular weight is 238 g/mol. The Kier molecular flexibility index (Phi) is 4.17. The molecule has 0 bridgehead atoms. The smallest absolute Gasteiger partial charge is 0.250 e. The topological polar surface area (TPSA) is 66.5 Å². The van der Waals surface area contributed by atoms with Crippen molar-refractivity contribution in [3.8, 4) is 0 Å². The molecule has 1 aliphatic rings. The van der Waals surface area contributed by atoms with E-state index in [1.54, 1.807) is 16.8 Å². The van der Waals surface area contributed by atoms with E-state index in [9.17, 15) is 4.79 Å². The van der Waals surface area contributed by atoms with Gasteiger partial charge in [-0.15, -0.1) is 0 Å². The van der Waals surface area contributed by atoms with Gasteiger partial charge < -0.3 is 19.8 Å². The Bertz CT molecular complexity index is 410.